The molecule has 5 nitrogen and oxygen atoms in total. The van der Waals surface area contributed by atoms with E-state index in [9.17, 15) is 18.3 Å². The zero-order valence-corrected chi connectivity index (χ0v) is 13.1. The number of para-hydroxylation sites is 1. The molecule has 1 fully saturated rings. The number of anilines is 1. The zero-order chi connectivity index (χ0) is 15.6. The largest absolute Gasteiger partial charge is 0.481 e. The van der Waals surface area contributed by atoms with Gasteiger partial charge in [-0.15, -0.1) is 0 Å². The highest BCUT2D eigenvalue weighted by atomic mass is 32.2. The fourth-order valence-electron chi connectivity index (χ4n) is 2.85. The predicted octanol–water partition coefficient (Wildman–Crippen LogP) is 2.03. The summed E-state index contributed by atoms with van der Waals surface area (Å²) in [6, 6.07) is 6.87. The lowest BCUT2D eigenvalue weighted by Crippen LogP contribution is -2.24. The zero-order valence-electron chi connectivity index (χ0n) is 12.3. The summed E-state index contributed by atoms with van der Waals surface area (Å²) in [7, 11) is -3.32. The minimum atomic E-state index is -3.32. The van der Waals surface area contributed by atoms with E-state index < -0.39 is 21.7 Å². The molecule has 1 heterocycles. The molecule has 116 valence electrons. The lowest BCUT2D eigenvalue weighted by Gasteiger charge is -2.21. The van der Waals surface area contributed by atoms with Crippen LogP contribution in [0.3, 0.4) is 0 Å². The van der Waals surface area contributed by atoms with Crippen LogP contribution in [0, 0.1) is 11.8 Å². The van der Waals surface area contributed by atoms with Crippen molar-refractivity contribution in [2.75, 3.05) is 23.7 Å². The maximum Gasteiger partial charge on any atom is 0.308 e. The normalized spacial score (nSPS) is 22.5. The molecule has 0 saturated carbocycles. The molecule has 1 aromatic rings. The van der Waals surface area contributed by atoms with Crippen molar-refractivity contribution in [1.82, 2.24) is 0 Å². The average Bonchev–Trinajstić information content (AvgIpc) is 2.81. The summed E-state index contributed by atoms with van der Waals surface area (Å²) in [5.74, 6) is -1.16. The molecular weight excluding hydrogens is 290 g/mol. The van der Waals surface area contributed by atoms with Crippen molar-refractivity contribution in [1.29, 1.82) is 0 Å². The number of sulfone groups is 1. The van der Waals surface area contributed by atoms with E-state index in [1.54, 1.807) is 24.3 Å². The summed E-state index contributed by atoms with van der Waals surface area (Å²) in [5.41, 5.74) is 0.626. The van der Waals surface area contributed by atoms with Gasteiger partial charge < -0.3 is 10.0 Å². The first-order chi connectivity index (χ1) is 9.86. The molecule has 0 spiro atoms. The van der Waals surface area contributed by atoms with Crippen molar-refractivity contribution < 1.29 is 18.3 Å². The van der Waals surface area contributed by atoms with Crippen LogP contribution in [0.4, 0.5) is 5.69 Å². The molecule has 0 aromatic heterocycles. The third kappa shape index (κ3) is 3.20. The van der Waals surface area contributed by atoms with Crippen molar-refractivity contribution in [2.45, 2.75) is 25.2 Å². The summed E-state index contributed by atoms with van der Waals surface area (Å²) in [5, 5.41) is 9.22. The summed E-state index contributed by atoms with van der Waals surface area (Å²) < 4.78 is 24.7. The van der Waals surface area contributed by atoms with E-state index in [-0.39, 0.29) is 11.7 Å². The van der Waals surface area contributed by atoms with Crippen molar-refractivity contribution in [3.63, 3.8) is 0 Å². The van der Waals surface area contributed by atoms with Gasteiger partial charge in [0.2, 0.25) is 0 Å². The minimum absolute atomic E-state index is 0.00411. The molecular formula is C15H21NO4S. The monoisotopic (exact) mass is 311 g/mol. The van der Waals surface area contributed by atoms with E-state index in [0.717, 1.165) is 0 Å². The van der Waals surface area contributed by atoms with Crippen LogP contribution in [0.1, 0.15) is 20.3 Å². The van der Waals surface area contributed by atoms with Crippen LogP contribution in [-0.4, -0.2) is 38.3 Å². The number of rotatable bonds is 5. The lowest BCUT2D eigenvalue weighted by atomic mass is 9.99. The van der Waals surface area contributed by atoms with E-state index in [0.29, 0.717) is 30.1 Å². The Morgan fingerprint density at radius 3 is 2.57 bits per heavy atom. The lowest BCUT2D eigenvalue weighted by molar-refractivity contribution is -0.142. The van der Waals surface area contributed by atoms with Crippen molar-refractivity contribution in [3.8, 4) is 0 Å². The smallest absolute Gasteiger partial charge is 0.308 e. The number of carboxylic acids is 1. The van der Waals surface area contributed by atoms with Crippen LogP contribution in [-0.2, 0) is 14.6 Å². The standard InChI is InChI=1S/C15H21NO4S/c1-3-8-21(19,20)14-7-5-4-6-13(14)16-9-11(2)12(10-16)15(17)18/h4-7,11-12H,3,8-10H2,1-2H3,(H,17,18)/t11-,12-/m1/s1. The van der Waals surface area contributed by atoms with Gasteiger partial charge in [0.15, 0.2) is 9.84 Å². The van der Waals surface area contributed by atoms with Crippen LogP contribution in [0.15, 0.2) is 29.2 Å². The van der Waals surface area contributed by atoms with E-state index >= 15 is 0 Å². The summed E-state index contributed by atoms with van der Waals surface area (Å²) in [6.07, 6.45) is 0.560. The Hall–Kier alpha value is -1.56. The maximum atomic E-state index is 12.4. The second kappa shape index (κ2) is 6.05. The Balaban J connectivity index is 2.36. The van der Waals surface area contributed by atoms with Gasteiger partial charge in [0.05, 0.1) is 22.3 Å². The molecule has 1 aromatic carbocycles. The molecule has 0 aliphatic carbocycles. The molecule has 1 aliphatic heterocycles. The van der Waals surface area contributed by atoms with Gasteiger partial charge in [-0.25, -0.2) is 8.42 Å². The maximum absolute atomic E-state index is 12.4. The Morgan fingerprint density at radius 1 is 1.33 bits per heavy atom. The number of nitrogens with zero attached hydrogens (tertiary/aromatic N) is 1. The molecule has 1 saturated heterocycles. The van der Waals surface area contributed by atoms with Crippen LogP contribution >= 0.6 is 0 Å². The van der Waals surface area contributed by atoms with Crippen LogP contribution in [0.2, 0.25) is 0 Å². The number of aliphatic carboxylic acids is 1. The van der Waals surface area contributed by atoms with Crippen molar-refractivity contribution in [2.24, 2.45) is 11.8 Å². The highest BCUT2D eigenvalue weighted by Crippen LogP contribution is 2.33. The number of carboxylic acid groups (broad SMARTS) is 1. The van der Waals surface area contributed by atoms with Crippen molar-refractivity contribution >= 4 is 21.5 Å². The second-order valence-electron chi connectivity index (χ2n) is 5.61. The van der Waals surface area contributed by atoms with Crippen molar-refractivity contribution in [3.05, 3.63) is 24.3 Å². The molecule has 21 heavy (non-hydrogen) atoms. The summed E-state index contributed by atoms with van der Waals surface area (Å²) in [4.78, 5) is 13.4. The minimum Gasteiger partial charge on any atom is -0.481 e. The third-order valence-electron chi connectivity index (χ3n) is 3.94. The topological polar surface area (TPSA) is 74.7 Å². The predicted molar refractivity (Wildman–Crippen MR) is 81.3 cm³/mol. The van der Waals surface area contributed by atoms with Crippen LogP contribution in [0.25, 0.3) is 0 Å². The third-order valence-corrected chi connectivity index (χ3v) is 5.90. The van der Waals surface area contributed by atoms with E-state index in [2.05, 4.69) is 0 Å². The Bertz CT molecular complexity index is 626. The number of carbonyl (C=O) groups is 1. The fraction of sp³-hybridized carbons (Fsp3) is 0.533. The summed E-state index contributed by atoms with van der Waals surface area (Å²) >= 11 is 0. The molecule has 6 heteroatoms. The highest BCUT2D eigenvalue weighted by molar-refractivity contribution is 7.91. The van der Waals surface area contributed by atoms with E-state index in [4.69, 9.17) is 0 Å². The van der Waals surface area contributed by atoms with Gasteiger partial charge in [-0.1, -0.05) is 26.0 Å². The average molecular weight is 311 g/mol. The molecule has 0 bridgehead atoms. The summed E-state index contributed by atoms with van der Waals surface area (Å²) in [6.45, 7) is 4.64. The van der Waals surface area contributed by atoms with E-state index in [1.807, 2.05) is 18.7 Å². The van der Waals surface area contributed by atoms with Crippen LogP contribution in [0.5, 0.6) is 0 Å². The van der Waals surface area contributed by atoms with Gasteiger partial charge in [0, 0.05) is 13.1 Å². The fourth-order valence-corrected chi connectivity index (χ4v) is 4.40. The molecule has 2 atom stereocenters. The Labute approximate surface area is 125 Å². The van der Waals surface area contributed by atoms with Gasteiger partial charge in [-0.05, 0) is 24.5 Å². The first-order valence-electron chi connectivity index (χ1n) is 7.16. The number of benzene rings is 1. The molecule has 0 unspecified atom stereocenters. The van der Waals surface area contributed by atoms with E-state index in [1.165, 1.54) is 0 Å². The second-order valence-corrected chi connectivity index (χ2v) is 7.69. The Morgan fingerprint density at radius 2 is 2.00 bits per heavy atom. The first kappa shape index (κ1) is 15.8. The molecule has 0 radical (unpaired) electrons. The van der Waals surface area contributed by atoms with Gasteiger partial charge in [0.25, 0.3) is 0 Å². The van der Waals surface area contributed by atoms with Crippen LogP contribution < -0.4 is 4.90 Å². The number of hydrogen-bond acceptors (Lipinski definition) is 4. The first-order valence-corrected chi connectivity index (χ1v) is 8.81. The molecule has 2 rings (SSSR count). The quantitative estimate of drug-likeness (QED) is 0.900. The highest BCUT2D eigenvalue weighted by Gasteiger charge is 2.36. The van der Waals surface area contributed by atoms with Gasteiger partial charge in [-0.2, -0.15) is 0 Å². The van der Waals surface area contributed by atoms with Gasteiger partial charge >= 0.3 is 5.97 Å². The molecule has 0 amide bonds. The SMILES string of the molecule is CCCS(=O)(=O)c1ccccc1N1C[C@@H](C)[C@H](C(=O)O)C1. The molecule has 1 N–H and O–H groups in total. The van der Waals surface area contributed by atoms with Gasteiger partial charge in [-0.3, -0.25) is 4.79 Å². The Kier molecular flexibility index (Phi) is 4.56. The van der Waals surface area contributed by atoms with Gasteiger partial charge in [0.1, 0.15) is 0 Å². The molecule has 1 aliphatic rings. The number of hydrogen-bond donors (Lipinski definition) is 1.